The second-order valence-electron chi connectivity index (χ2n) is 6.78. The number of halogens is 1. The number of carbonyl (C=O) groups excluding carboxylic acids is 1. The molecule has 0 spiro atoms. The average Bonchev–Trinajstić information content (AvgIpc) is 2.76. The van der Waals surface area contributed by atoms with Crippen molar-refractivity contribution < 1.29 is 4.79 Å². The molecule has 0 N–H and O–H groups in total. The Labute approximate surface area is 131 Å². The molecule has 2 heterocycles. The van der Waals surface area contributed by atoms with Crippen LogP contribution < -0.4 is 0 Å². The molecule has 1 aromatic carbocycles. The Hall–Kier alpha value is -1.06. The third kappa shape index (κ3) is 3.24. The highest BCUT2D eigenvalue weighted by Crippen LogP contribution is 2.33. The lowest BCUT2D eigenvalue weighted by atomic mass is 9.91. The molecule has 114 valence electrons. The highest BCUT2D eigenvalue weighted by molar-refractivity contribution is 6.30. The molecule has 2 atom stereocenters. The summed E-state index contributed by atoms with van der Waals surface area (Å²) in [6, 6.07) is 8.18. The number of fused-ring (bicyclic) bond motifs is 1. The summed E-state index contributed by atoms with van der Waals surface area (Å²) in [5.41, 5.74) is 1.04. The topological polar surface area (TPSA) is 23.6 Å². The smallest absolute Gasteiger partial charge is 0.227 e. The zero-order valence-electron chi connectivity index (χ0n) is 12.8. The fourth-order valence-corrected chi connectivity index (χ4v) is 3.64. The fraction of sp³-hybridized carbons (Fsp3) is 0.588. The van der Waals surface area contributed by atoms with Gasteiger partial charge in [0, 0.05) is 43.2 Å². The van der Waals surface area contributed by atoms with Crippen LogP contribution in [0, 0.1) is 11.8 Å². The van der Waals surface area contributed by atoms with Gasteiger partial charge in [-0.3, -0.25) is 9.69 Å². The summed E-state index contributed by atoms with van der Waals surface area (Å²) in [5, 5.41) is 0.717. The summed E-state index contributed by atoms with van der Waals surface area (Å²) in [5.74, 6) is 1.64. The molecule has 2 fully saturated rings. The number of carbonyl (C=O) groups is 1. The van der Waals surface area contributed by atoms with Crippen molar-refractivity contribution in [3.05, 3.63) is 34.9 Å². The predicted octanol–water partition coefficient (Wildman–Crippen LogP) is 2.68. The predicted molar refractivity (Wildman–Crippen MR) is 85.4 cm³/mol. The van der Waals surface area contributed by atoms with E-state index in [1.165, 1.54) is 0 Å². The first kappa shape index (κ1) is 14.9. The van der Waals surface area contributed by atoms with Crippen LogP contribution in [-0.2, 0) is 11.2 Å². The number of hydrogen-bond acceptors (Lipinski definition) is 2. The van der Waals surface area contributed by atoms with Crippen LogP contribution in [0.2, 0.25) is 5.02 Å². The number of benzene rings is 1. The van der Waals surface area contributed by atoms with Crippen molar-refractivity contribution in [2.45, 2.75) is 26.3 Å². The summed E-state index contributed by atoms with van der Waals surface area (Å²) >= 11 is 5.88. The second kappa shape index (κ2) is 5.98. The molecular weight excluding hydrogens is 284 g/mol. The van der Waals surface area contributed by atoms with Gasteiger partial charge < -0.3 is 4.90 Å². The molecule has 0 radical (unpaired) electrons. The maximum atomic E-state index is 12.4. The molecule has 0 bridgehead atoms. The zero-order valence-corrected chi connectivity index (χ0v) is 13.5. The Morgan fingerprint density at radius 1 is 1.24 bits per heavy atom. The Morgan fingerprint density at radius 3 is 2.62 bits per heavy atom. The largest absolute Gasteiger partial charge is 0.340 e. The van der Waals surface area contributed by atoms with Crippen molar-refractivity contribution in [3.63, 3.8) is 0 Å². The monoisotopic (exact) mass is 306 g/mol. The van der Waals surface area contributed by atoms with E-state index in [1.54, 1.807) is 0 Å². The van der Waals surface area contributed by atoms with E-state index in [0.717, 1.165) is 36.8 Å². The van der Waals surface area contributed by atoms with Crippen molar-refractivity contribution >= 4 is 17.5 Å². The van der Waals surface area contributed by atoms with Gasteiger partial charge in [-0.15, -0.1) is 0 Å². The van der Waals surface area contributed by atoms with Crippen molar-refractivity contribution in [3.8, 4) is 0 Å². The average molecular weight is 307 g/mol. The maximum absolute atomic E-state index is 12.4. The minimum Gasteiger partial charge on any atom is -0.340 e. The minimum atomic E-state index is 0.246. The van der Waals surface area contributed by atoms with E-state index in [0.29, 0.717) is 24.3 Å². The van der Waals surface area contributed by atoms with E-state index in [-0.39, 0.29) is 5.91 Å². The van der Waals surface area contributed by atoms with Gasteiger partial charge in [0.2, 0.25) is 5.91 Å². The third-order valence-electron chi connectivity index (χ3n) is 4.57. The lowest BCUT2D eigenvalue weighted by Gasteiger charge is -2.44. The van der Waals surface area contributed by atoms with Crippen LogP contribution in [0.4, 0.5) is 0 Å². The van der Waals surface area contributed by atoms with Gasteiger partial charge in [-0.2, -0.15) is 0 Å². The van der Waals surface area contributed by atoms with E-state index >= 15 is 0 Å². The van der Waals surface area contributed by atoms with E-state index in [1.807, 2.05) is 29.2 Å². The van der Waals surface area contributed by atoms with E-state index < -0.39 is 0 Å². The first-order valence-electron chi connectivity index (χ1n) is 7.79. The third-order valence-corrected chi connectivity index (χ3v) is 4.82. The Kier molecular flexibility index (Phi) is 4.23. The summed E-state index contributed by atoms with van der Waals surface area (Å²) in [4.78, 5) is 17.0. The van der Waals surface area contributed by atoms with E-state index in [4.69, 9.17) is 11.6 Å². The van der Waals surface area contributed by atoms with Crippen LogP contribution in [0.1, 0.15) is 19.4 Å². The van der Waals surface area contributed by atoms with Crippen LogP contribution >= 0.6 is 11.6 Å². The van der Waals surface area contributed by atoms with Crippen LogP contribution in [0.25, 0.3) is 0 Å². The summed E-state index contributed by atoms with van der Waals surface area (Å²) in [6.45, 7) is 8.67. The number of nitrogens with zero attached hydrogens (tertiary/aromatic N) is 2. The van der Waals surface area contributed by atoms with Gasteiger partial charge in [-0.05, 0) is 23.6 Å². The molecule has 2 saturated heterocycles. The quantitative estimate of drug-likeness (QED) is 0.854. The molecule has 4 heteroatoms. The van der Waals surface area contributed by atoms with Gasteiger partial charge in [0.25, 0.3) is 0 Å². The second-order valence-corrected chi connectivity index (χ2v) is 7.21. The van der Waals surface area contributed by atoms with Crippen LogP contribution in [0.5, 0.6) is 0 Å². The highest BCUT2D eigenvalue weighted by atomic mass is 35.5. The Balaban J connectivity index is 1.54. The number of hydrogen-bond donors (Lipinski definition) is 0. The molecule has 0 unspecified atom stereocenters. The zero-order chi connectivity index (χ0) is 15.0. The summed E-state index contributed by atoms with van der Waals surface area (Å²) in [6.07, 6.45) is 0.487. The molecule has 3 nitrogen and oxygen atoms in total. The van der Waals surface area contributed by atoms with Crippen molar-refractivity contribution in [1.82, 2.24) is 9.80 Å². The minimum absolute atomic E-state index is 0.246. The number of likely N-dealkylation sites (tertiary alicyclic amines) is 2. The standard InChI is InChI=1S/C17H23ClN2O/c1-12(2)8-19-9-14-10-20(11-16(14)19)17(21)7-13-3-5-15(18)6-4-13/h3-6,12,14,16H,7-11H2,1-2H3/t14-,16-/m0/s1. The van der Waals surface area contributed by atoms with Gasteiger partial charge in [-0.1, -0.05) is 37.6 Å². The summed E-state index contributed by atoms with van der Waals surface area (Å²) in [7, 11) is 0. The van der Waals surface area contributed by atoms with Gasteiger partial charge in [0.05, 0.1) is 6.42 Å². The Bertz CT molecular complexity index is 514. The number of amides is 1. The van der Waals surface area contributed by atoms with Crippen molar-refractivity contribution in [1.29, 1.82) is 0 Å². The Morgan fingerprint density at radius 2 is 1.95 bits per heavy atom. The van der Waals surface area contributed by atoms with Gasteiger partial charge in [-0.25, -0.2) is 0 Å². The molecule has 0 aliphatic carbocycles. The van der Waals surface area contributed by atoms with Gasteiger partial charge in [0.15, 0.2) is 0 Å². The van der Waals surface area contributed by atoms with Gasteiger partial charge in [0.1, 0.15) is 0 Å². The van der Waals surface area contributed by atoms with Crippen LogP contribution in [0.15, 0.2) is 24.3 Å². The lowest BCUT2D eigenvalue weighted by molar-refractivity contribution is -0.129. The molecule has 1 amide bonds. The fourth-order valence-electron chi connectivity index (χ4n) is 3.52. The van der Waals surface area contributed by atoms with E-state index in [9.17, 15) is 4.79 Å². The lowest BCUT2D eigenvalue weighted by Crippen LogP contribution is -2.56. The van der Waals surface area contributed by atoms with E-state index in [2.05, 4.69) is 18.7 Å². The molecule has 0 aromatic heterocycles. The van der Waals surface area contributed by atoms with Crippen LogP contribution in [-0.4, -0.2) is 47.9 Å². The van der Waals surface area contributed by atoms with Crippen molar-refractivity contribution in [2.24, 2.45) is 11.8 Å². The van der Waals surface area contributed by atoms with Crippen molar-refractivity contribution in [2.75, 3.05) is 26.2 Å². The first-order valence-corrected chi connectivity index (χ1v) is 8.17. The molecule has 0 saturated carbocycles. The number of rotatable bonds is 4. The highest BCUT2D eigenvalue weighted by Gasteiger charge is 2.46. The molecule has 2 aliphatic heterocycles. The molecule has 1 aromatic rings. The van der Waals surface area contributed by atoms with Gasteiger partial charge >= 0.3 is 0 Å². The normalized spacial score (nSPS) is 25.0. The van der Waals surface area contributed by atoms with Crippen LogP contribution in [0.3, 0.4) is 0 Å². The molecule has 21 heavy (non-hydrogen) atoms. The maximum Gasteiger partial charge on any atom is 0.227 e. The molecular formula is C17H23ClN2O. The molecule has 2 aliphatic rings. The summed E-state index contributed by atoms with van der Waals surface area (Å²) < 4.78 is 0. The SMILES string of the molecule is CC(C)CN1C[C@H]2CN(C(=O)Cc3ccc(Cl)cc3)C[C@@H]21. The molecule has 3 rings (SSSR count). The first-order chi connectivity index (χ1) is 10.0.